The number of carbonyl (C=O) groups excluding carboxylic acids is 1. The molecule has 1 aliphatic rings. The van der Waals surface area contributed by atoms with Gasteiger partial charge in [0, 0.05) is 0 Å². The van der Waals surface area contributed by atoms with Gasteiger partial charge in [-0.25, -0.2) is 0 Å². The Bertz CT molecular complexity index is 614. The molecule has 1 heterocycles. The van der Waals surface area contributed by atoms with Crippen LogP contribution in [0.5, 0.6) is 0 Å². The van der Waals surface area contributed by atoms with Crippen molar-refractivity contribution < 1.29 is 9.45 Å². The second-order valence-corrected chi connectivity index (χ2v) is 4.91. The van der Waals surface area contributed by atoms with Gasteiger partial charge >= 0.3 is 120 Å². The van der Waals surface area contributed by atoms with Crippen LogP contribution in [0.15, 0.2) is 42.2 Å². The van der Waals surface area contributed by atoms with Crippen molar-refractivity contribution in [1.29, 1.82) is 0 Å². The third-order valence-electron chi connectivity index (χ3n) is 2.65. The monoisotopic (exact) mass is 294 g/mol. The first-order valence-electron chi connectivity index (χ1n) is 5.59. The van der Waals surface area contributed by atoms with E-state index in [1.54, 1.807) is 35.5 Å². The Morgan fingerprint density at radius 2 is 2.21 bits per heavy atom. The van der Waals surface area contributed by atoms with Gasteiger partial charge in [-0.1, -0.05) is 0 Å². The average Bonchev–Trinajstić information content (AvgIpc) is 2.38. The molecule has 96 valence electrons. The second kappa shape index (κ2) is 6.09. The summed E-state index contributed by atoms with van der Waals surface area (Å²) in [5.41, 5.74) is 0.924. The third-order valence-corrected chi connectivity index (χ3v) is 3.19. The summed E-state index contributed by atoms with van der Waals surface area (Å²) < 4.78 is 10.6. The summed E-state index contributed by atoms with van der Waals surface area (Å²) in [6.45, 7) is 0.114. The van der Waals surface area contributed by atoms with E-state index in [-0.39, 0.29) is 12.3 Å². The minimum atomic E-state index is -0.144. The fourth-order valence-corrected chi connectivity index (χ4v) is 2.26. The van der Waals surface area contributed by atoms with Crippen molar-refractivity contribution >= 4 is 29.0 Å². The Morgan fingerprint density at radius 3 is 2.89 bits per heavy atom. The first kappa shape index (κ1) is 13.9. The molecular weight excluding hydrogens is 285 g/mol. The number of nitrogens with zero attached hydrogens (tertiary/aromatic N) is 1. The summed E-state index contributed by atoms with van der Waals surface area (Å²) in [5.74, 6) is -0.144. The number of benzene rings is 1. The molecule has 0 aliphatic carbocycles. The third kappa shape index (κ3) is 3.49. The summed E-state index contributed by atoms with van der Waals surface area (Å²) in [6.07, 6.45) is 7.53. The Labute approximate surface area is 120 Å². The first-order chi connectivity index (χ1) is 9.10. The average molecular weight is 295 g/mol. The number of rotatable bonds is 3. The summed E-state index contributed by atoms with van der Waals surface area (Å²) in [4.78, 5) is 13.7. The van der Waals surface area contributed by atoms with E-state index in [4.69, 9.17) is 23.2 Å². The molecule has 0 radical (unpaired) electrons. The second-order valence-electron chi connectivity index (χ2n) is 4.06. The van der Waals surface area contributed by atoms with Crippen molar-refractivity contribution in [3.63, 3.8) is 0 Å². The van der Waals surface area contributed by atoms with Crippen LogP contribution in [0.25, 0.3) is 0 Å². The van der Waals surface area contributed by atoms with E-state index in [0.29, 0.717) is 27.6 Å². The van der Waals surface area contributed by atoms with Gasteiger partial charge in [-0.3, -0.25) is 0 Å². The number of allylic oxidation sites excluding steroid dienone is 2. The number of hydrogen-bond donors (Lipinski definition) is 0. The van der Waals surface area contributed by atoms with Crippen molar-refractivity contribution in [3.8, 4) is 6.15 Å². The number of carbonyl (C=O) groups is 1. The molecule has 0 saturated heterocycles. The zero-order valence-electron chi connectivity index (χ0n) is 9.90. The molecule has 0 N–H and O–H groups in total. The van der Waals surface area contributed by atoms with E-state index in [9.17, 15) is 9.45 Å². The molecule has 0 atom stereocenters. The molecule has 0 saturated carbocycles. The van der Waals surface area contributed by atoms with Gasteiger partial charge in [0.25, 0.3) is 0 Å². The molecule has 19 heavy (non-hydrogen) atoms. The summed E-state index contributed by atoms with van der Waals surface area (Å²) in [7, 11) is 0. The number of ketones is 1. The Morgan fingerprint density at radius 1 is 1.42 bits per heavy atom. The van der Waals surface area contributed by atoms with Gasteiger partial charge in [-0.15, -0.1) is 0 Å². The molecule has 0 unspecified atom stereocenters. The zero-order chi connectivity index (χ0) is 13.8. The van der Waals surface area contributed by atoms with Gasteiger partial charge in [-0.05, 0) is 0 Å². The molecule has 2 rings (SSSR count). The fraction of sp³-hybridized carbons (Fsp3) is 0.143. The predicted molar refractivity (Wildman–Crippen MR) is 73.9 cm³/mol. The van der Waals surface area contributed by atoms with E-state index in [1.165, 1.54) is 6.07 Å². The minimum absolute atomic E-state index is 0.114. The van der Waals surface area contributed by atoms with Crippen LogP contribution in [-0.2, 0) is 4.65 Å². The summed E-state index contributed by atoms with van der Waals surface area (Å²) in [6, 6.07) is 4.74. The molecule has 0 aromatic heterocycles. The van der Waals surface area contributed by atoms with Crippen molar-refractivity contribution in [2.45, 2.75) is 6.42 Å². The molecule has 0 amide bonds. The zero-order valence-corrected chi connectivity index (χ0v) is 11.4. The van der Waals surface area contributed by atoms with Gasteiger partial charge < -0.3 is 0 Å². The van der Waals surface area contributed by atoms with Crippen LogP contribution >= 0.6 is 23.2 Å². The molecule has 1 aromatic carbocycles. The van der Waals surface area contributed by atoms with Crippen LogP contribution in [0.4, 0.5) is 0 Å². The van der Waals surface area contributed by atoms with Gasteiger partial charge in [0.1, 0.15) is 0 Å². The van der Waals surface area contributed by atoms with E-state index in [2.05, 4.69) is 0 Å². The van der Waals surface area contributed by atoms with Crippen LogP contribution in [0.3, 0.4) is 0 Å². The quantitative estimate of drug-likeness (QED) is 0.630. The molecule has 0 spiro atoms. The van der Waals surface area contributed by atoms with Gasteiger partial charge in [0.15, 0.2) is 0 Å². The summed E-state index contributed by atoms with van der Waals surface area (Å²) in [5, 5.41) is 0.807. The molecule has 0 bridgehead atoms. The maximum absolute atomic E-state index is 12.1. The van der Waals surface area contributed by atoms with Crippen LogP contribution in [0.2, 0.25) is 10.0 Å². The first-order valence-corrected chi connectivity index (χ1v) is 6.35. The number of hydrogen-bond acceptors (Lipinski definition) is 2. The predicted octanol–water partition coefficient (Wildman–Crippen LogP) is 3.67. The van der Waals surface area contributed by atoms with Crippen LogP contribution < -0.4 is 0 Å². The van der Waals surface area contributed by atoms with E-state index >= 15 is 0 Å². The Hall–Kier alpha value is -1.51. The Balaban J connectivity index is 2.13. The standard InChI is InChI=1S/C14H10Cl2NO2/c15-11-3-4-12(13(16)6-11)14(19)8-17-5-1-2-10(7-17)9-18/h1,3-7H,2,8H2/q+1. The molecular formula is C14H10Cl2NO2+. The maximum atomic E-state index is 12.1. The van der Waals surface area contributed by atoms with Crippen molar-refractivity contribution in [2.24, 2.45) is 0 Å². The van der Waals surface area contributed by atoms with Crippen molar-refractivity contribution in [3.05, 3.63) is 57.9 Å². The van der Waals surface area contributed by atoms with Crippen LogP contribution in [0, 0.1) is 6.15 Å². The normalized spacial score (nSPS) is 13.9. The van der Waals surface area contributed by atoms with Crippen molar-refractivity contribution in [1.82, 2.24) is 4.90 Å². The molecule has 3 nitrogen and oxygen atoms in total. The van der Waals surface area contributed by atoms with Crippen molar-refractivity contribution in [2.75, 3.05) is 6.54 Å². The summed E-state index contributed by atoms with van der Waals surface area (Å²) >= 11 is 11.8. The fourth-order valence-electron chi connectivity index (χ4n) is 1.74. The molecule has 1 aromatic rings. The van der Waals surface area contributed by atoms with Gasteiger partial charge in [0.05, 0.1) is 0 Å². The number of halogens is 2. The topological polar surface area (TPSA) is 40.2 Å². The van der Waals surface area contributed by atoms with Gasteiger partial charge in [-0.2, -0.15) is 0 Å². The van der Waals surface area contributed by atoms with E-state index < -0.39 is 0 Å². The molecule has 0 fully saturated rings. The molecule has 5 heteroatoms. The van der Waals surface area contributed by atoms with E-state index in [0.717, 1.165) is 0 Å². The van der Waals surface area contributed by atoms with Crippen LogP contribution in [-0.4, -0.2) is 17.2 Å². The SMILES string of the molecule is O=C(CN1C=CCC(C#[O+])=C1)c1ccc(Cl)cc1Cl. The van der Waals surface area contributed by atoms with E-state index in [1.807, 2.05) is 6.15 Å². The van der Waals surface area contributed by atoms with Crippen LogP contribution in [0.1, 0.15) is 16.8 Å². The Kier molecular flexibility index (Phi) is 4.46. The number of Topliss-reactive ketones (excluding diaryl/α,β-unsaturated/α-hetero) is 1. The molecule has 1 aliphatic heterocycles. The van der Waals surface area contributed by atoms with Gasteiger partial charge in [0.2, 0.25) is 0 Å².